The van der Waals surface area contributed by atoms with Crippen molar-refractivity contribution in [2.75, 3.05) is 0 Å². The molecule has 1 heterocycles. The molecule has 4 nitrogen and oxygen atoms in total. The van der Waals surface area contributed by atoms with Crippen LogP contribution in [0.5, 0.6) is 5.75 Å². The summed E-state index contributed by atoms with van der Waals surface area (Å²) in [6.45, 7) is 3.56. The standard InChI is InChI=1S/C12H16O4/c1-3-4-5-6-9(13)12-8(2)16-11(15)7-10(12)14/h7,14H,3-6H2,1-2H3. The van der Waals surface area contributed by atoms with Crippen molar-refractivity contribution in [3.8, 4) is 5.75 Å². The van der Waals surface area contributed by atoms with Crippen molar-refractivity contribution in [2.24, 2.45) is 0 Å². The van der Waals surface area contributed by atoms with E-state index in [1.54, 1.807) is 0 Å². The van der Waals surface area contributed by atoms with Gasteiger partial charge < -0.3 is 9.52 Å². The molecule has 0 aliphatic carbocycles. The summed E-state index contributed by atoms with van der Waals surface area (Å²) < 4.78 is 4.78. The van der Waals surface area contributed by atoms with Crippen LogP contribution < -0.4 is 5.63 Å². The second-order valence-electron chi connectivity index (χ2n) is 3.76. The maximum atomic E-state index is 11.8. The summed E-state index contributed by atoms with van der Waals surface area (Å²) >= 11 is 0. The van der Waals surface area contributed by atoms with E-state index in [2.05, 4.69) is 6.92 Å². The topological polar surface area (TPSA) is 67.5 Å². The number of Topliss-reactive ketones (excluding diaryl/α,β-unsaturated/α-hetero) is 1. The Morgan fingerprint density at radius 3 is 2.69 bits per heavy atom. The lowest BCUT2D eigenvalue weighted by Gasteiger charge is -2.05. The lowest BCUT2D eigenvalue weighted by molar-refractivity contribution is 0.0973. The van der Waals surface area contributed by atoms with Gasteiger partial charge in [0.1, 0.15) is 11.5 Å². The van der Waals surface area contributed by atoms with Gasteiger partial charge in [-0.05, 0) is 13.3 Å². The maximum Gasteiger partial charge on any atom is 0.339 e. The molecule has 1 N–H and O–H groups in total. The summed E-state index contributed by atoms with van der Waals surface area (Å²) in [7, 11) is 0. The summed E-state index contributed by atoms with van der Waals surface area (Å²) in [5.74, 6) is -0.269. The molecule has 0 amide bonds. The number of aryl methyl sites for hydroxylation is 1. The van der Waals surface area contributed by atoms with Gasteiger partial charge in [-0.25, -0.2) is 4.79 Å². The summed E-state index contributed by atoms with van der Waals surface area (Å²) in [5, 5.41) is 9.52. The zero-order valence-electron chi connectivity index (χ0n) is 9.58. The van der Waals surface area contributed by atoms with E-state index < -0.39 is 5.63 Å². The molecular weight excluding hydrogens is 208 g/mol. The number of aromatic hydroxyl groups is 1. The number of carbonyl (C=O) groups excluding carboxylic acids is 1. The van der Waals surface area contributed by atoms with Crippen LogP contribution in [0.4, 0.5) is 0 Å². The van der Waals surface area contributed by atoms with Crippen LogP contribution in [0, 0.1) is 6.92 Å². The first-order chi connectivity index (χ1) is 7.56. The van der Waals surface area contributed by atoms with E-state index in [1.807, 2.05) is 0 Å². The Kier molecular flexibility index (Phi) is 4.28. The van der Waals surface area contributed by atoms with Gasteiger partial charge in [0.05, 0.1) is 11.6 Å². The van der Waals surface area contributed by atoms with Crippen molar-refractivity contribution >= 4 is 5.78 Å². The lowest BCUT2D eigenvalue weighted by atomic mass is 10.0. The highest BCUT2D eigenvalue weighted by Crippen LogP contribution is 2.21. The molecule has 0 bridgehead atoms. The number of unbranched alkanes of at least 4 members (excludes halogenated alkanes) is 2. The van der Waals surface area contributed by atoms with Crippen molar-refractivity contribution in [2.45, 2.75) is 39.5 Å². The van der Waals surface area contributed by atoms with Gasteiger partial charge in [0.2, 0.25) is 0 Å². The molecular formula is C12H16O4. The van der Waals surface area contributed by atoms with Gasteiger partial charge in [0, 0.05) is 6.42 Å². The van der Waals surface area contributed by atoms with Crippen molar-refractivity contribution < 1.29 is 14.3 Å². The molecule has 0 aromatic carbocycles. The number of rotatable bonds is 5. The molecule has 0 saturated heterocycles. The van der Waals surface area contributed by atoms with Crippen LogP contribution >= 0.6 is 0 Å². The molecule has 88 valence electrons. The third-order valence-corrected chi connectivity index (χ3v) is 2.40. The minimum absolute atomic E-state index is 0.135. The predicted molar refractivity (Wildman–Crippen MR) is 59.9 cm³/mol. The van der Waals surface area contributed by atoms with Gasteiger partial charge in [-0.1, -0.05) is 19.8 Å². The van der Waals surface area contributed by atoms with E-state index in [1.165, 1.54) is 6.92 Å². The lowest BCUT2D eigenvalue weighted by Crippen LogP contribution is -2.07. The first kappa shape index (κ1) is 12.5. The van der Waals surface area contributed by atoms with Gasteiger partial charge in [-0.3, -0.25) is 4.79 Å². The fourth-order valence-electron chi connectivity index (χ4n) is 1.60. The molecule has 0 radical (unpaired) electrons. The average Bonchev–Trinajstić information content (AvgIpc) is 2.16. The van der Waals surface area contributed by atoms with Gasteiger partial charge in [0.15, 0.2) is 5.78 Å². The van der Waals surface area contributed by atoms with Crippen molar-refractivity contribution in [3.63, 3.8) is 0 Å². The molecule has 0 spiro atoms. The van der Waals surface area contributed by atoms with Crippen LogP contribution in [0.15, 0.2) is 15.3 Å². The Morgan fingerprint density at radius 1 is 1.44 bits per heavy atom. The molecule has 0 aliphatic rings. The highest BCUT2D eigenvalue weighted by molar-refractivity contribution is 5.99. The Balaban J connectivity index is 2.87. The normalized spacial score (nSPS) is 10.4. The van der Waals surface area contributed by atoms with Gasteiger partial charge in [-0.2, -0.15) is 0 Å². The van der Waals surface area contributed by atoms with E-state index >= 15 is 0 Å². The smallest absolute Gasteiger partial charge is 0.339 e. The number of hydrogen-bond donors (Lipinski definition) is 1. The molecule has 0 aliphatic heterocycles. The Morgan fingerprint density at radius 2 is 2.12 bits per heavy atom. The maximum absolute atomic E-state index is 11.8. The van der Waals surface area contributed by atoms with Gasteiger partial charge in [0.25, 0.3) is 0 Å². The molecule has 1 rings (SSSR count). The summed E-state index contributed by atoms with van der Waals surface area (Å²) in [4.78, 5) is 22.7. The zero-order chi connectivity index (χ0) is 12.1. The van der Waals surface area contributed by atoms with Crippen LogP contribution in [0.1, 0.15) is 48.7 Å². The first-order valence-corrected chi connectivity index (χ1v) is 5.43. The van der Waals surface area contributed by atoms with Crippen molar-refractivity contribution in [1.82, 2.24) is 0 Å². The quantitative estimate of drug-likeness (QED) is 0.616. The largest absolute Gasteiger partial charge is 0.507 e. The van der Waals surface area contributed by atoms with E-state index in [0.29, 0.717) is 6.42 Å². The molecule has 0 unspecified atom stereocenters. The highest BCUT2D eigenvalue weighted by atomic mass is 16.4. The van der Waals surface area contributed by atoms with E-state index in [0.717, 1.165) is 25.3 Å². The SMILES string of the molecule is CCCCCC(=O)c1c(O)cc(=O)oc1C. The number of ketones is 1. The molecule has 0 fully saturated rings. The fourth-order valence-corrected chi connectivity index (χ4v) is 1.60. The third kappa shape index (κ3) is 2.95. The van der Waals surface area contributed by atoms with E-state index in [9.17, 15) is 14.7 Å². The second kappa shape index (κ2) is 5.49. The highest BCUT2D eigenvalue weighted by Gasteiger charge is 2.16. The van der Waals surface area contributed by atoms with E-state index in [4.69, 9.17) is 4.42 Å². The molecule has 0 saturated carbocycles. The summed E-state index contributed by atoms with van der Waals surface area (Å²) in [6, 6.07) is 0.931. The summed E-state index contributed by atoms with van der Waals surface area (Å²) in [6.07, 6.45) is 3.16. The molecule has 0 atom stereocenters. The van der Waals surface area contributed by atoms with Crippen LogP contribution in [0.25, 0.3) is 0 Å². The van der Waals surface area contributed by atoms with Crippen LogP contribution in [0.2, 0.25) is 0 Å². The third-order valence-electron chi connectivity index (χ3n) is 2.40. The first-order valence-electron chi connectivity index (χ1n) is 5.43. The predicted octanol–water partition coefficient (Wildman–Crippen LogP) is 2.42. The molecule has 16 heavy (non-hydrogen) atoms. The monoisotopic (exact) mass is 224 g/mol. The van der Waals surface area contributed by atoms with Crippen molar-refractivity contribution in [3.05, 3.63) is 27.8 Å². The van der Waals surface area contributed by atoms with E-state index in [-0.39, 0.29) is 22.9 Å². The zero-order valence-corrected chi connectivity index (χ0v) is 9.58. The fraction of sp³-hybridized carbons (Fsp3) is 0.500. The van der Waals surface area contributed by atoms with Gasteiger partial charge in [-0.15, -0.1) is 0 Å². The molecule has 4 heteroatoms. The van der Waals surface area contributed by atoms with Crippen LogP contribution in [-0.4, -0.2) is 10.9 Å². The summed E-state index contributed by atoms with van der Waals surface area (Å²) in [5.41, 5.74) is -0.504. The second-order valence-corrected chi connectivity index (χ2v) is 3.76. The Bertz CT molecular complexity index is 405. The van der Waals surface area contributed by atoms with Crippen molar-refractivity contribution in [1.29, 1.82) is 0 Å². The Labute approximate surface area is 93.9 Å². The van der Waals surface area contributed by atoms with Crippen LogP contribution in [-0.2, 0) is 0 Å². The molecule has 1 aromatic heterocycles. The van der Waals surface area contributed by atoms with Gasteiger partial charge >= 0.3 is 5.63 Å². The number of carbonyl (C=O) groups is 1. The minimum Gasteiger partial charge on any atom is -0.507 e. The number of hydrogen-bond acceptors (Lipinski definition) is 4. The Hall–Kier alpha value is -1.58. The van der Waals surface area contributed by atoms with Crippen LogP contribution in [0.3, 0.4) is 0 Å². The average molecular weight is 224 g/mol. The molecule has 1 aromatic rings. The minimum atomic E-state index is -0.639.